The van der Waals surface area contributed by atoms with Crippen LogP contribution in [0.4, 0.5) is 10.5 Å². The first kappa shape index (κ1) is 23.5. The number of thioether (sulfide) groups is 1. The minimum absolute atomic E-state index is 0.0323. The number of hydrogen-bond acceptors (Lipinski definition) is 6. The predicted molar refractivity (Wildman–Crippen MR) is 129 cm³/mol. The van der Waals surface area contributed by atoms with Crippen molar-refractivity contribution in [3.63, 3.8) is 0 Å². The Morgan fingerprint density at radius 3 is 2.55 bits per heavy atom. The van der Waals surface area contributed by atoms with E-state index in [0.717, 1.165) is 30.1 Å². The number of aryl methyl sites for hydroxylation is 1. The molecule has 1 aliphatic heterocycles. The third-order valence-corrected chi connectivity index (χ3v) is 8.46. The number of aromatic nitrogens is 2. The maximum Gasteiger partial charge on any atom is 0.428 e. The summed E-state index contributed by atoms with van der Waals surface area (Å²) in [6.07, 6.45) is 2.58. The zero-order chi connectivity index (χ0) is 23.8. The van der Waals surface area contributed by atoms with Gasteiger partial charge in [-0.15, -0.1) is 0 Å². The van der Waals surface area contributed by atoms with Crippen molar-refractivity contribution < 1.29 is 22.5 Å². The Morgan fingerprint density at radius 2 is 1.88 bits per heavy atom. The molecule has 2 aromatic carbocycles. The number of rotatable bonds is 5. The lowest BCUT2D eigenvalue weighted by Crippen LogP contribution is -2.61. The Labute approximate surface area is 197 Å². The lowest BCUT2D eigenvalue weighted by atomic mass is 10.2. The third-order valence-electron chi connectivity index (χ3n) is 6.29. The average molecular weight is 488 g/mol. The molecule has 10 heteroatoms. The number of fused-ring (bicyclic) bond motifs is 1. The number of likely N-dealkylation sites (tertiary alicyclic amines) is 1. The van der Waals surface area contributed by atoms with Crippen molar-refractivity contribution in [1.82, 2.24) is 9.55 Å². The molecule has 3 amide bonds. The van der Waals surface area contributed by atoms with Gasteiger partial charge in [-0.3, -0.25) is 5.32 Å². The van der Waals surface area contributed by atoms with E-state index < -0.39 is 15.9 Å². The van der Waals surface area contributed by atoms with Crippen LogP contribution in [0.15, 0.2) is 58.6 Å². The van der Waals surface area contributed by atoms with E-state index in [9.17, 15) is 18.0 Å². The highest BCUT2D eigenvalue weighted by molar-refractivity contribution is 7.99. The molecule has 2 heterocycles. The molecule has 174 valence electrons. The lowest BCUT2D eigenvalue weighted by Gasteiger charge is -2.32. The maximum absolute atomic E-state index is 13.5. The van der Waals surface area contributed by atoms with Crippen molar-refractivity contribution in [3.05, 3.63) is 48.5 Å². The summed E-state index contributed by atoms with van der Waals surface area (Å²) in [7, 11) is -1.64. The zero-order valence-electron chi connectivity index (χ0n) is 18.8. The molecule has 4 rings (SSSR count). The molecule has 3 aromatic rings. The Balaban J connectivity index is 1.59. The summed E-state index contributed by atoms with van der Waals surface area (Å²) in [5, 5.41) is 3.45. The number of amides is 3. The Morgan fingerprint density at radius 1 is 1.18 bits per heavy atom. The zero-order valence-corrected chi connectivity index (χ0v) is 20.4. The molecule has 1 N–H and O–H groups in total. The second-order valence-electron chi connectivity index (χ2n) is 8.41. The van der Waals surface area contributed by atoms with Crippen LogP contribution < -0.4 is 5.32 Å². The number of urea groups is 1. The van der Waals surface area contributed by atoms with Crippen LogP contribution in [0.5, 0.6) is 0 Å². The molecular formula is C23H27N4O4S2+. The van der Waals surface area contributed by atoms with Gasteiger partial charge in [0.05, 0.1) is 28.2 Å². The van der Waals surface area contributed by atoms with Crippen LogP contribution in [0, 0.1) is 0 Å². The lowest BCUT2D eigenvalue weighted by molar-refractivity contribution is -0.781. The smallest absolute Gasteiger partial charge is 0.322 e. The number of carbonyl (C=O) groups is 2. The van der Waals surface area contributed by atoms with Gasteiger partial charge in [0.2, 0.25) is 0 Å². The van der Waals surface area contributed by atoms with E-state index >= 15 is 0 Å². The molecule has 1 saturated heterocycles. The van der Waals surface area contributed by atoms with Crippen molar-refractivity contribution in [1.29, 1.82) is 0 Å². The van der Waals surface area contributed by atoms with E-state index in [-0.39, 0.29) is 32.8 Å². The number of para-hydroxylation sites is 3. The molecule has 0 aliphatic carbocycles. The molecule has 0 bridgehead atoms. The summed E-state index contributed by atoms with van der Waals surface area (Å²) in [6, 6.07) is 13.3. The molecule has 2 atom stereocenters. The van der Waals surface area contributed by atoms with E-state index in [1.165, 1.54) is 17.8 Å². The van der Waals surface area contributed by atoms with Crippen molar-refractivity contribution in [2.45, 2.75) is 35.9 Å². The average Bonchev–Trinajstić information content (AvgIpc) is 3.32. The fourth-order valence-electron chi connectivity index (χ4n) is 4.46. The molecule has 0 radical (unpaired) electrons. The number of benzene rings is 2. The highest BCUT2D eigenvalue weighted by Crippen LogP contribution is 2.32. The quantitative estimate of drug-likeness (QED) is 0.434. The van der Waals surface area contributed by atoms with Gasteiger partial charge in [-0.05, 0) is 31.2 Å². The van der Waals surface area contributed by atoms with Crippen LogP contribution >= 0.6 is 11.8 Å². The van der Waals surface area contributed by atoms with Crippen LogP contribution in [0.1, 0.15) is 19.8 Å². The Kier molecular flexibility index (Phi) is 6.35. The molecule has 1 unspecified atom stereocenters. The number of nitrogens with zero attached hydrogens (tertiary/aromatic N) is 3. The monoisotopic (exact) mass is 487 g/mol. The summed E-state index contributed by atoms with van der Waals surface area (Å²) < 4.78 is 25.9. The first-order valence-electron chi connectivity index (χ1n) is 10.7. The van der Waals surface area contributed by atoms with Gasteiger partial charge in [0, 0.05) is 26.1 Å². The van der Waals surface area contributed by atoms with E-state index in [1.54, 1.807) is 18.2 Å². The van der Waals surface area contributed by atoms with Gasteiger partial charge in [-0.25, -0.2) is 23.0 Å². The van der Waals surface area contributed by atoms with E-state index in [1.807, 2.05) is 42.8 Å². The standard InChI is InChI=1S/C23H26N4O4S2/c1-16-9-8-14-27(16,23(29)25-18-11-5-7-13-20(18)33(3,30)31)21(28)15-32-22-24-17-10-4-6-12-19(17)26(22)2/h4-7,10-13,16H,8-9,14-15H2,1-3H3/p+1/t16-,27?/m1/s1. The minimum atomic E-state index is -3.54. The van der Waals surface area contributed by atoms with E-state index in [2.05, 4.69) is 10.3 Å². The number of anilines is 1. The number of imide groups is 1. The van der Waals surface area contributed by atoms with Crippen molar-refractivity contribution in [3.8, 4) is 0 Å². The third kappa shape index (κ3) is 4.30. The van der Waals surface area contributed by atoms with Crippen LogP contribution in [0.25, 0.3) is 11.0 Å². The molecule has 1 aliphatic rings. The van der Waals surface area contributed by atoms with Gasteiger partial charge in [-0.2, -0.15) is 4.48 Å². The van der Waals surface area contributed by atoms with Crippen LogP contribution in [-0.4, -0.2) is 59.0 Å². The Bertz CT molecular complexity index is 1340. The fourth-order valence-corrected chi connectivity index (χ4v) is 6.25. The highest BCUT2D eigenvalue weighted by atomic mass is 32.2. The molecule has 1 aromatic heterocycles. The summed E-state index contributed by atoms with van der Waals surface area (Å²) >= 11 is 1.31. The number of hydrogen-bond donors (Lipinski definition) is 1. The van der Waals surface area contributed by atoms with Gasteiger partial charge >= 0.3 is 11.9 Å². The van der Waals surface area contributed by atoms with Gasteiger partial charge in [0.1, 0.15) is 11.8 Å². The largest absolute Gasteiger partial charge is 0.428 e. The molecule has 0 spiro atoms. The topological polar surface area (TPSA) is 98.1 Å². The molecule has 1 fully saturated rings. The first-order valence-corrected chi connectivity index (χ1v) is 13.6. The molecule has 0 saturated carbocycles. The highest BCUT2D eigenvalue weighted by Gasteiger charge is 2.52. The number of quaternary nitrogens is 1. The molecular weight excluding hydrogens is 460 g/mol. The molecule has 8 nitrogen and oxygen atoms in total. The predicted octanol–water partition coefficient (Wildman–Crippen LogP) is 3.83. The van der Waals surface area contributed by atoms with Crippen molar-refractivity contribution in [2.24, 2.45) is 7.05 Å². The maximum atomic E-state index is 13.5. The normalized spacial score (nSPS) is 20.8. The van der Waals surface area contributed by atoms with Gasteiger partial charge < -0.3 is 4.57 Å². The number of imidazole rings is 1. The summed E-state index contributed by atoms with van der Waals surface area (Å²) in [6.45, 7) is 2.28. The number of carbonyl (C=O) groups excluding carboxylic acids is 2. The van der Waals surface area contributed by atoms with Crippen LogP contribution in [0.3, 0.4) is 0 Å². The van der Waals surface area contributed by atoms with Gasteiger partial charge in [-0.1, -0.05) is 36.0 Å². The van der Waals surface area contributed by atoms with Crippen molar-refractivity contribution >= 4 is 50.3 Å². The number of nitrogens with one attached hydrogen (secondary N) is 1. The Hall–Kier alpha value is -2.69. The SMILES string of the molecule is C[C@@H]1CCC[N+]1(C(=O)CSc1nc2ccccc2n1C)C(=O)Nc1ccccc1S(C)(=O)=O. The van der Waals surface area contributed by atoms with Crippen LogP contribution in [0.2, 0.25) is 0 Å². The van der Waals surface area contributed by atoms with Crippen molar-refractivity contribution in [2.75, 3.05) is 23.9 Å². The fraction of sp³-hybridized carbons (Fsp3) is 0.348. The molecule has 33 heavy (non-hydrogen) atoms. The minimum Gasteiger partial charge on any atom is -0.322 e. The van der Waals surface area contributed by atoms with E-state index in [4.69, 9.17) is 0 Å². The second kappa shape index (κ2) is 8.92. The van der Waals surface area contributed by atoms with Gasteiger partial charge in [0.25, 0.3) is 0 Å². The summed E-state index contributed by atoms with van der Waals surface area (Å²) in [5.41, 5.74) is 2.02. The summed E-state index contributed by atoms with van der Waals surface area (Å²) in [4.78, 5) is 31.7. The van der Waals surface area contributed by atoms with Crippen LogP contribution in [-0.2, 0) is 21.7 Å². The summed E-state index contributed by atoms with van der Waals surface area (Å²) in [5.74, 6) is -0.130. The van der Waals surface area contributed by atoms with E-state index in [0.29, 0.717) is 11.7 Å². The second-order valence-corrected chi connectivity index (χ2v) is 11.3. The first-order chi connectivity index (χ1) is 15.6. The number of sulfone groups is 1. The van der Waals surface area contributed by atoms with Gasteiger partial charge in [0.15, 0.2) is 15.0 Å².